The second kappa shape index (κ2) is 7.22. The van der Waals surface area contributed by atoms with Crippen molar-refractivity contribution in [2.24, 2.45) is 5.92 Å². The molecule has 0 saturated heterocycles. The molecule has 1 unspecified atom stereocenters. The van der Waals surface area contributed by atoms with E-state index in [1.54, 1.807) is 6.26 Å². The predicted molar refractivity (Wildman–Crippen MR) is 79.1 cm³/mol. The van der Waals surface area contributed by atoms with Crippen LogP contribution < -0.4 is 5.32 Å². The summed E-state index contributed by atoms with van der Waals surface area (Å²) in [6, 6.07) is 9.93. The molecule has 20 heavy (non-hydrogen) atoms. The van der Waals surface area contributed by atoms with Crippen molar-refractivity contribution in [3.8, 4) is 11.5 Å². The molecule has 0 spiro atoms. The molecule has 2 aromatic rings. The van der Waals surface area contributed by atoms with Gasteiger partial charge in [0, 0.05) is 18.2 Å². The maximum atomic E-state index is 9.33. The first-order chi connectivity index (χ1) is 9.69. The quantitative estimate of drug-likeness (QED) is 0.815. The molecule has 0 fully saturated rings. The standard InChI is InChI=1S/C16H22N2O2/c1-12(2)8-14(10-19)17-9-15-11-20-16(18-15)13-6-4-3-5-7-13/h3-7,11-12,14,17,19H,8-10H2,1-2H3. The lowest BCUT2D eigenvalue weighted by Gasteiger charge is -2.17. The maximum Gasteiger partial charge on any atom is 0.226 e. The SMILES string of the molecule is CC(C)CC(CO)NCc1coc(-c2ccccc2)n1. The van der Waals surface area contributed by atoms with Gasteiger partial charge in [0.15, 0.2) is 0 Å². The number of oxazole rings is 1. The van der Waals surface area contributed by atoms with Crippen molar-refractivity contribution in [2.45, 2.75) is 32.9 Å². The zero-order valence-corrected chi connectivity index (χ0v) is 12.0. The number of aliphatic hydroxyl groups excluding tert-OH is 1. The van der Waals surface area contributed by atoms with E-state index in [0.29, 0.717) is 18.4 Å². The van der Waals surface area contributed by atoms with E-state index in [4.69, 9.17) is 4.42 Å². The molecule has 0 aliphatic heterocycles. The Morgan fingerprint density at radius 3 is 2.65 bits per heavy atom. The molecule has 0 aliphatic carbocycles. The van der Waals surface area contributed by atoms with Crippen LogP contribution in [0.15, 0.2) is 41.0 Å². The topological polar surface area (TPSA) is 58.3 Å². The normalized spacial score (nSPS) is 12.8. The van der Waals surface area contributed by atoms with E-state index < -0.39 is 0 Å². The first-order valence-corrected chi connectivity index (χ1v) is 7.03. The summed E-state index contributed by atoms with van der Waals surface area (Å²) in [5.41, 5.74) is 1.82. The molecule has 1 atom stereocenters. The number of nitrogens with one attached hydrogen (secondary N) is 1. The lowest BCUT2D eigenvalue weighted by Crippen LogP contribution is -2.33. The molecule has 0 amide bonds. The summed E-state index contributed by atoms with van der Waals surface area (Å²) < 4.78 is 5.48. The third-order valence-corrected chi connectivity index (χ3v) is 3.12. The molecule has 0 bridgehead atoms. The van der Waals surface area contributed by atoms with Crippen molar-refractivity contribution in [1.29, 1.82) is 0 Å². The van der Waals surface area contributed by atoms with Gasteiger partial charge in [0.05, 0.1) is 12.3 Å². The molecule has 1 heterocycles. The molecule has 108 valence electrons. The van der Waals surface area contributed by atoms with Crippen LogP contribution in [0, 0.1) is 5.92 Å². The second-order valence-corrected chi connectivity index (χ2v) is 5.40. The Labute approximate surface area is 119 Å². The van der Waals surface area contributed by atoms with Crippen LogP contribution in [-0.4, -0.2) is 22.7 Å². The molecule has 2 N–H and O–H groups in total. The minimum absolute atomic E-state index is 0.104. The Hall–Kier alpha value is -1.65. The maximum absolute atomic E-state index is 9.33. The summed E-state index contributed by atoms with van der Waals surface area (Å²) in [4.78, 5) is 4.46. The Bertz CT molecular complexity index is 508. The zero-order chi connectivity index (χ0) is 14.4. The minimum Gasteiger partial charge on any atom is -0.444 e. The summed E-state index contributed by atoms with van der Waals surface area (Å²) in [7, 11) is 0. The fourth-order valence-corrected chi connectivity index (χ4v) is 2.14. The van der Waals surface area contributed by atoms with Crippen molar-refractivity contribution in [3.63, 3.8) is 0 Å². The average molecular weight is 274 g/mol. The predicted octanol–water partition coefficient (Wildman–Crippen LogP) is 2.84. The number of hydrogen-bond donors (Lipinski definition) is 2. The van der Waals surface area contributed by atoms with Gasteiger partial charge in [-0.3, -0.25) is 0 Å². The number of rotatable bonds is 7. The van der Waals surface area contributed by atoms with E-state index in [-0.39, 0.29) is 12.6 Å². The Morgan fingerprint density at radius 2 is 2.00 bits per heavy atom. The fraction of sp³-hybridized carbons (Fsp3) is 0.438. The van der Waals surface area contributed by atoms with Gasteiger partial charge in [-0.2, -0.15) is 0 Å². The first-order valence-electron chi connectivity index (χ1n) is 7.03. The summed E-state index contributed by atoms with van der Waals surface area (Å²) >= 11 is 0. The van der Waals surface area contributed by atoms with Crippen molar-refractivity contribution >= 4 is 0 Å². The largest absolute Gasteiger partial charge is 0.444 e. The smallest absolute Gasteiger partial charge is 0.226 e. The number of hydrogen-bond acceptors (Lipinski definition) is 4. The zero-order valence-electron chi connectivity index (χ0n) is 12.0. The fourth-order valence-electron chi connectivity index (χ4n) is 2.14. The molecular weight excluding hydrogens is 252 g/mol. The van der Waals surface area contributed by atoms with Crippen LogP contribution in [0.25, 0.3) is 11.5 Å². The molecule has 0 saturated carbocycles. The van der Waals surface area contributed by atoms with E-state index in [0.717, 1.165) is 17.7 Å². The molecule has 1 aromatic carbocycles. The van der Waals surface area contributed by atoms with Crippen LogP contribution in [0.4, 0.5) is 0 Å². The Balaban J connectivity index is 1.93. The van der Waals surface area contributed by atoms with E-state index in [2.05, 4.69) is 24.1 Å². The van der Waals surface area contributed by atoms with Crippen molar-refractivity contribution in [2.75, 3.05) is 6.61 Å². The lowest BCUT2D eigenvalue weighted by atomic mass is 10.0. The van der Waals surface area contributed by atoms with Gasteiger partial charge >= 0.3 is 0 Å². The Morgan fingerprint density at radius 1 is 1.25 bits per heavy atom. The van der Waals surface area contributed by atoms with E-state index in [1.807, 2.05) is 30.3 Å². The average Bonchev–Trinajstić information content (AvgIpc) is 2.93. The van der Waals surface area contributed by atoms with Gasteiger partial charge in [-0.1, -0.05) is 32.0 Å². The third-order valence-electron chi connectivity index (χ3n) is 3.12. The molecule has 2 rings (SSSR count). The highest BCUT2D eigenvalue weighted by Gasteiger charge is 2.11. The van der Waals surface area contributed by atoms with Gasteiger partial charge in [-0.25, -0.2) is 4.98 Å². The third kappa shape index (κ3) is 4.18. The van der Waals surface area contributed by atoms with Crippen LogP contribution in [-0.2, 0) is 6.54 Å². The summed E-state index contributed by atoms with van der Waals surface area (Å²) in [5.74, 6) is 1.18. The van der Waals surface area contributed by atoms with Gasteiger partial charge < -0.3 is 14.8 Å². The molecule has 4 nitrogen and oxygen atoms in total. The van der Waals surface area contributed by atoms with Gasteiger partial charge in [-0.05, 0) is 24.5 Å². The molecule has 0 aliphatic rings. The second-order valence-electron chi connectivity index (χ2n) is 5.40. The van der Waals surface area contributed by atoms with E-state index in [9.17, 15) is 5.11 Å². The van der Waals surface area contributed by atoms with Crippen molar-refractivity contribution < 1.29 is 9.52 Å². The molecular formula is C16H22N2O2. The first kappa shape index (κ1) is 14.8. The lowest BCUT2D eigenvalue weighted by molar-refractivity contribution is 0.223. The van der Waals surface area contributed by atoms with Gasteiger partial charge in [0.2, 0.25) is 5.89 Å². The van der Waals surface area contributed by atoms with Crippen molar-refractivity contribution in [3.05, 3.63) is 42.3 Å². The number of aromatic nitrogens is 1. The number of aliphatic hydroxyl groups is 1. The molecule has 0 radical (unpaired) electrons. The summed E-state index contributed by atoms with van der Waals surface area (Å²) in [6.07, 6.45) is 2.61. The number of benzene rings is 1. The van der Waals surface area contributed by atoms with E-state index >= 15 is 0 Å². The van der Waals surface area contributed by atoms with Crippen LogP contribution >= 0.6 is 0 Å². The molecule has 1 aromatic heterocycles. The Kier molecular flexibility index (Phi) is 5.32. The monoisotopic (exact) mass is 274 g/mol. The van der Waals surface area contributed by atoms with E-state index in [1.165, 1.54) is 0 Å². The van der Waals surface area contributed by atoms with Crippen LogP contribution in [0.1, 0.15) is 26.0 Å². The highest BCUT2D eigenvalue weighted by Crippen LogP contribution is 2.17. The van der Waals surface area contributed by atoms with Crippen molar-refractivity contribution in [1.82, 2.24) is 10.3 Å². The van der Waals surface area contributed by atoms with Crippen LogP contribution in [0.3, 0.4) is 0 Å². The van der Waals surface area contributed by atoms with Gasteiger partial charge in [-0.15, -0.1) is 0 Å². The van der Waals surface area contributed by atoms with Crippen LogP contribution in [0.2, 0.25) is 0 Å². The van der Waals surface area contributed by atoms with Crippen LogP contribution in [0.5, 0.6) is 0 Å². The highest BCUT2D eigenvalue weighted by atomic mass is 16.3. The van der Waals surface area contributed by atoms with Gasteiger partial charge in [0.1, 0.15) is 6.26 Å². The van der Waals surface area contributed by atoms with Gasteiger partial charge in [0.25, 0.3) is 0 Å². The molecule has 4 heteroatoms. The summed E-state index contributed by atoms with van der Waals surface area (Å²) in [5, 5.41) is 12.6. The highest BCUT2D eigenvalue weighted by molar-refractivity contribution is 5.52. The summed E-state index contributed by atoms with van der Waals surface area (Å²) in [6.45, 7) is 5.04. The minimum atomic E-state index is 0.104. The number of nitrogens with zero attached hydrogens (tertiary/aromatic N) is 1.